The van der Waals surface area contributed by atoms with E-state index in [1.54, 1.807) is 20.3 Å². The van der Waals surface area contributed by atoms with Gasteiger partial charge in [0.15, 0.2) is 11.5 Å². The van der Waals surface area contributed by atoms with Crippen LogP contribution in [0.25, 0.3) is 0 Å². The van der Waals surface area contributed by atoms with Crippen LogP contribution < -0.4 is 18.9 Å². The van der Waals surface area contributed by atoms with Crippen molar-refractivity contribution in [3.05, 3.63) is 41.5 Å². The zero-order valence-corrected chi connectivity index (χ0v) is 15.4. The number of rotatable bonds is 5. The number of hydrogen-bond acceptors (Lipinski definition) is 7. The Hall–Kier alpha value is -2.64. The number of hydrogen-bond donors (Lipinski definition) is 1. The van der Waals surface area contributed by atoms with Gasteiger partial charge in [0.05, 0.1) is 33.5 Å². The molecule has 144 valence electrons. The van der Waals surface area contributed by atoms with Crippen LogP contribution in [0.15, 0.2) is 30.3 Å². The van der Waals surface area contributed by atoms with Crippen molar-refractivity contribution < 1.29 is 28.8 Å². The van der Waals surface area contributed by atoms with E-state index in [0.717, 1.165) is 24.2 Å². The van der Waals surface area contributed by atoms with Gasteiger partial charge in [0.2, 0.25) is 6.79 Å². The van der Waals surface area contributed by atoms with E-state index in [1.807, 2.05) is 24.3 Å². The maximum absolute atomic E-state index is 10.7. The monoisotopic (exact) mass is 373 g/mol. The summed E-state index contributed by atoms with van der Waals surface area (Å²) in [5, 5.41) is 10.7. The second-order valence-corrected chi connectivity index (χ2v) is 6.42. The van der Waals surface area contributed by atoms with Crippen LogP contribution in [0, 0.1) is 0 Å². The number of phenolic OH excluding ortho intramolecular Hbond substituents is 1. The van der Waals surface area contributed by atoms with Crippen LogP contribution in [-0.4, -0.2) is 57.3 Å². The third-order valence-electron chi connectivity index (χ3n) is 4.96. The standard InChI is InChI=1S/C20H23NO6/c1-23-13-3-4-14(17(9-13)24-2)20(21-5-7-25-8-6-21)15-10-18-19(11-16(15)22)27-12-26-18/h3-4,9-11,20,22H,5-8,12H2,1-2H3. The number of benzene rings is 2. The molecule has 7 heteroatoms. The number of nitrogens with zero attached hydrogens (tertiary/aromatic N) is 1. The van der Waals surface area contributed by atoms with Crippen molar-refractivity contribution in [3.63, 3.8) is 0 Å². The van der Waals surface area contributed by atoms with Gasteiger partial charge in [-0.15, -0.1) is 0 Å². The number of phenols is 1. The minimum Gasteiger partial charge on any atom is -0.507 e. The molecular formula is C20H23NO6. The van der Waals surface area contributed by atoms with Crippen LogP contribution in [0.3, 0.4) is 0 Å². The van der Waals surface area contributed by atoms with E-state index in [2.05, 4.69) is 4.90 Å². The molecule has 4 rings (SSSR count). The van der Waals surface area contributed by atoms with Gasteiger partial charge in [0, 0.05) is 36.3 Å². The quantitative estimate of drug-likeness (QED) is 0.864. The smallest absolute Gasteiger partial charge is 0.231 e. The Bertz CT molecular complexity index is 818. The van der Waals surface area contributed by atoms with Crippen LogP contribution in [0.5, 0.6) is 28.7 Å². The van der Waals surface area contributed by atoms with E-state index in [-0.39, 0.29) is 18.6 Å². The largest absolute Gasteiger partial charge is 0.507 e. The first-order chi connectivity index (χ1) is 13.2. The fourth-order valence-electron chi connectivity index (χ4n) is 3.61. The fourth-order valence-corrected chi connectivity index (χ4v) is 3.61. The molecule has 0 saturated carbocycles. The molecule has 2 heterocycles. The van der Waals surface area contributed by atoms with Crippen molar-refractivity contribution in [3.8, 4) is 28.7 Å². The Morgan fingerprint density at radius 2 is 1.70 bits per heavy atom. The summed E-state index contributed by atoms with van der Waals surface area (Å²) in [6.45, 7) is 2.92. The third kappa shape index (κ3) is 3.36. The van der Waals surface area contributed by atoms with E-state index in [0.29, 0.717) is 36.2 Å². The molecule has 0 bridgehead atoms. The lowest BCUT2D eigenvalue weighted by Crippen LogP contribution is -2.39. The molecule has 0 aromatic heterocycles. The number of methoxy groups -OCH3 is 2. The molecule has 0 spiro atoms. The number of ether oxygens (including phenoxy) is 5. The van der Waals surface area contributed by atoms with Gasteiger partial charge in [-0.25, -0.2) is 0 Å². The first-order valence-electron chi connectivity index (χ1n) is 8.87. The van der Waals surface area contributed by atoms with E-state index >= 15 is 0 Å². The van der Waals surface area contributed by atoms with Crippen molar-refractivity contribution in [1.82, 2.24) is 4.90 Å². The molecule has 1 saturated heterocycles. The minimum atomic E-state index is -0.218. The zero-order chi connectivity index (χ0) is 18.8. The van der Waals surface area contributed by atoms with Gasteiger partial charge in [0.1, 0.15) is 17.2 Å². The van der Waals surface area contributed by atoms with Crippen molar-refractivity contribution in [2.45, 2.75) is 6.04 Å². The molecule has 2 aromatic rings. The van der Waals surface area contributed by atoms with Crippen LogP contribution in [0.4, 0.5) is 0 Å². The highest BCUT2D eigenvalue weighted by molar-refractivity contribution is 5.56. The average molecular weight is 373 g/mol. The Balaban J connectivity index is 1.83. The summed E-state index contributed by atoms with van der Waals surface area (Å²) in [6, 6.07) is 8.97. The molecule has 2 aliphatic heterocycles. The summed E-state index contributed by atoms with van der Waals surface area (Å²) in [5.41, 5.74) is 1.68. The van der Waals surface area contributed by atoms with Crippen molar-refractivity contribution in [2.75, 3.05) is 47.3 Å². The van der Waals surface area contributed by atoms with Gasteiger partial charge >= 0.3 is 0 Å². The number of fused-ring (bicyclic) bond motifs is 1. The molecule has 1 atom stereocenters. The summed E-state index contributed by atoms with van der Waals surface area (Å²) in [6.07, 6.45) is 0. The lowest BCUT2D eigenvalue weighted by Gasteiger charge is -2.36. The predicted octanol–water partition coefficient (Wildman–Crippen LogP) is 2.56. The maximum atomic E-state index is 10.7. The van der Waals surface area contributed by atoms with Gasteiger partial charge in [-0.2, -0.15) is 0 Å². The van der Waals surface area contributed by atoms with Crippen molar-refractivity contribution >= 4 is 0 Å². The van der Waals surface area contributed by atoms with Crippen LogP contribution >= 0.6 is 0 Å². The molecule has 1 N–H and O–H groups in total. The predicted molar refractivity (Wildman–Crippen MR) is 98.0 cm³/mol. The van der Waals surface area contributed by atoms with E-state index in [9.17, 15) is 5.11 Å². The lowest BCUT2D eigenvalue weighted by atomic mass is 9.94. The number of aromatic hydroxyl groups is 1. The molecular weight excluding hydrogens is 350 g/mol. The summed E-state index contributed by atoms with van der Waals surface area (Å²) in [7, 11) is 3.26. The first kappa shape index (κ1) is 17.8. The summed E-state index contributed by atoms with van der Waals surface area (Å²) < 4.78 is 27.4. The molecule has 0 radical (unpaired) electrons. The molecule has 2 aliphatic rings. The highest BCUT2D eigenvalue weighted by Crippen LogP contribution is 2.45. The molecule has 27 heavy (non-hydrogen) atoms. The summed E-state index contributed by atoms with van der Waals surface area (Å²) >= 11 is 0. The molecule has 7 nitrogen and oxygen atoms in total. The molecule has 1 fully saturated rings. The zero-order valence-electron chi connectivity index (χ0n) is 15.4. The maximum Gasteiger partial charge on any atom is 0.231 e. The second-order valence-electron chi connectivity index (χ2n) is 6.42. The van der Waals surface area contributed by atoms with Crippen LogP contribution in [0.1, 0.15) is 17.2 Å². The Morgan fingerprint density at radius 1 is 0.963 bits per heavy atom. The van der Waals surface area contributed by atoms with Crippen molar-refractivity contribution in [2.24, 2.45) is 0 Å². The van der Waals surface area contributed by atoms with Crippen LogP contribution in [0.2, 0.25) is 0 Å². The normalized spacial score (nSPS) is 17.6. The minimum absolute atomic E-state index is 0.159. The van der Waals surface area contributed by atoms with E-state index < -0.39 is 0 Å². The van der Waals surface area contributed by atoms with Gasteiger partial charge in [0.25, 0.3) is 0 Å². The van der Waals surface area contributed by atoms with E-state index in [1.165, 1.54) is 0 Å². The summed E-state index contributed by atoms with van der Waals surface area (Å²) in [5.74, 6) is 2.76. The molecule has 2 aromatic carbocycles. The Labute approximate surface area is 158 Å². The summed E-state index contributed by atoms with van der Waals surface area (Å²) in [4.78, 5) is 2.27. The van der Waals surface area contributed by atoms with Crippen LogP contribution in [-0.2, 0) is 4.74 Å². The van der Waals surface area contributed by atoms with Gasteiger partial charge in [-0.3, -0.25) is 4.90 Å². The fraction of sp³-hybridized carbons (Fsp3) is 0.400. The van der Waals surface area contributed by atoms with Gasteiger partial charge in [-0.1, -0.05) is 0 Å². The SMILES string of the molecule is COc1ccc(C(c2cc3c(cc2O)OCO3)N2CCOCC2)c(OC)c1. The van der Waals surface area contributed by atoms with E-state index in [4.69, 9.17) is 23.7 Å². The second kappa shape index (κ2) is 7.54. The molecule has 1 unspecified atom stereocenters. The average Bonchev–Trinajstić information content (AvgIpc) is 3.16. The Morgan fingerprint density at radius 3 is 2.41 bits per heavy atom. The first-order valence-corrected chi connectivity index (χ1v) is 8.87. The third-order valence-corrected chi connectivity index (χ3v) is 4.96. The van der Waals surface area contributed by atoms with Gasteiger partial charge < -0.3 is 28.8 Å². The molecule has 0 amide bonds. The topological polar surface area (TPSA) is 69.6 Å². The lowest BCUT2D eigenvalue weighted by molar-refractivity contribution is 0.0231. The van der Waals surface area contributed by atoms with Gasteiger partial charge in [-0.05, 0) is 18.2 Å². The highest BCUT2D eigenvalue weighted by Gasteiger charge is 2.31. The molecule has 0 aliphatic carbocycles. The van der Waals surface area contributed by atoms with Crippen molar-refractivity contribution in [1.29, 1.82) is 0 Å². The Kier molecular flexibility index (Phi) is 4.96. The number of morpholine rings is 1. The highest BCUT2D eigenvalue weighted by atomic mass is 16.7.